The Hall–Kier alpha value is -0.870. The molecule has 0 radical (unpaired) electrons. The van der Waals surface area contributed by atoms with Crippen molar-refractivity contribution in [3.63, 3.8) is 0 Å². The molecule has 29 heavy (non-hydrogen) atoms. The lowest BCUT2D eigenvalue weighted by molar-refractivity contribution is 0.0277. The van der Waals surface area contributed by atoms with Gasteiger partial charge in [-0.2, -0.15) is 5.10 Å². The van der Waals surface area contributed by atoms with Crippen molar-refractivity contribution in [2.75, 3.05) is 33.4 Å². The van der Waals surface area contributed by atoms with Gasteiger partial charge in [0.2, 0.25) is 0 Å². The number of rotatable bonds is 11. The SMILES string of the molecule is CCNC(=NCc1c(C)nn(CCOC)c1C)NCCCOC1CCCCC1.I. The molecule has 1 aliphatic carbocycles. The summed E-state index contributed by atoms with van der Waals surface area (Å²) in [6.45, 7) is 10.8. The minimum absolute atomic E-state index is 0. The number of hydrogen-bond donors (Lipinski definition) is 2. The Bertz CT molecular complexity index is 600. The molecular weight excluding hydrogens is 481 g/mol. The van der Waals surface area contributed by atoms with Crippen molar-refractivity contribution in [2.24, 2.45) is 4.99 Å². The lowest BCUT2D eigenvalue weighted by Gasteiger charge is -2.22. The Morgan fingerprint density at radius 2 is 1.93 bits per heavy atom. The van der Waals surface area contributed by atoms with Crippen LogP contribution < -0.4 is 10.6 Å². The van der Waals surface area contributed by atoms with E-state index in [1.165, 1.54) is 37.7 Å². The molecule has 0 spiro atoms. The predicted octanol–water partition coefficient (Wildman–Crippen LogP) is 3.56. The number of methoxy groups -OCH3 is 1. The lowest BCUT2D eigenvalue weighted by Crippen LogP contribution is -2.38. The molecule has 1 heterocycles. The predicted molar refractivity (Wildman–Crippen MR) is 129 cm³/mol. The molecule has 1 saturated carbocycles. The number of nitrogens with zero attached hydrogens (tertiary/aromatic N) is 3. The van der Waals surface area contributed by atoms with Crippen molar-refractivity contribution in [3.8, 4) is 0 Å². The highest BCUT2D eigenvalue weighted by molar-refractivity contribution is 14.0. The van der Waals surface area contributed by atoms with E-state index in [4.69, 9.17) is 14.5 Å². The van der Waals surface area contributed by atoms with Gasteiger partial charge < -0.3 is 20.1 Å². The highest BCUT2D eigenvalue weighted by Crippen LogP contribution is 2.20. The summed E-state index contributed by atoms with van der Waals surface area (Å²) in [7, 11) is 1.71. The molecular formula is C21H40IN5O2. The first-order chi connectivity index (χ1) is 13.7. The molecule has 1 fully saturated rings. The average Bonchev–Trinajstić information content (AvgIpc) is 2.97. The fraction of sp³-hybridized carbons (Fsp3) is 0.810. The molecule has 0 aromatic carbocycles. The van der Waals surface area contributed by atoms with E-state index in [-0.39, 0.29) is 24.0 Å². The Balaban J connectivity index is 0.00000420. The number of guanidine groups is 1. The first kappa shape index (κ1) is 26.2. The molecule has 0 saturated heterocycles. The minimum Gasteiger partial charge on any atom is -0.383 e. The maximum absolute atomic E-state index is 6.00. The zero-order chi connectivity index (χ0) is 20.2. The monoisotopic (exact) mass is 521 g/mol. The molecule has 1 aromatic rings. The molecule has 168 valence electrons. The number of hydrogen-bond acceptors (Lipinski definition) is 4. The van der Waals surface area contributed by atoms with Gasteiger partial charge in [0.05, 0.1) is 31.5 Å². The minimum atomic E-state index is 0. The molecule has 2 N–H and O–H groups in total. The van der Waals surface area contributed by atoms with E-state index in [0.717, 1.165) is 50.0 Å². The van der Waals surface area contributed by atoms with Gasteiger partial charge in [0.15, 0.2) is 5.96 Å². The average molecular weight is 521 g/mol. The van der Waals surface area contributed by atoms with Gasteiger partial charge in [0.1, 0.15) is 0 Å². The maximum atomic E-state index is 6.00. The van der Waals surface area contributed by atoms with Gasteiger partial charge in [-0.15, -0.1) is 24.0 Å². The van der Waals surface area contributed by atoms with E-state index in [9.17, 15) is 0 Å². The van der Waals surface area contributed by atoms with E-state index in [0.29, 0.717) is 19.3 Å². The molecule has 0 aliphatic heterocycles. The fourth-order valence-corrected chi connectivity index (χ4v) is 3.62. The van der Waals surface area contributed by atoms with Crippen LogP contribution in [0.1, 0.15) is 62.4 Å². The Morgan fingerprint density at radius 3 is 2.62 bits per heavy atom. The largest absolute Gasteiger partial charge is 0.383 e. The zero-order valence-electron chi connectivity index (χ0n) is 18.6. The number of aliphatic imine (C=N–C) groups is 1. The van der Waals surface area contributed by atoms with Crippen molar-refractivity contribution < 1.29 is 9.47 Å². The van der Waals surface area contributed by atoms with Gasteiger partial charge in [-0.1, -0.05) is 19.3 Å². The molecule has 2 rings (SSSR count). The summed E-state index contributed by atoms with van der Waals surface area (Å²) in [6.07, 6.45) is 7.95. The van der Waals surface area contributed by atoms with Crippen LogP contribution in [0.3, 0.4) is 0 Å². The summed E-state index contributed by atoms with van der Waals surface area (Å²) in [4.78, 5) is 4.76. The number of aryl methyl sites for hydroxylation is 1. The van der Waals surface area contributed by atoms with Crippen molar-refractivity contribution >= 4 is 29.9 Å². The zero-order valence-corrected chi connectivity index (χ0v) is 21.0. The van der Waals surface area contributed by atoms with Gasteiger partial charge in [-0.05, 0) is 40.0 Å². The highest BCUT2D eigenvalue weighted by atomic mass is 127. The van der Waals surface area contributed by atoms with E-state index < -0.39 is 0 Å². The second kappa shape index (κ2) is 15.0. The summed E-state index contributed by atoms with van der Waals surface area (Å²) in [6, 6.07) is 0. The van der Waals surface area contributed by atoms with Crippen molar-refractivity contribution in [3.05, 3.63) is 17.0 Å². The van der Waals surface area contributed by atoms with Crippen LogP contribution in [0.5, 0.6) is 0 Å². The topological polar surface area (TPSA) is 72.7 Å². The maximum Gasteiger partial charge on any atom is 0.191 e. The summed E-state index contributed by atoms with van der Waals surface area (Å²) < 4.78 is 13.2. The third-order valence-corrected chi connectivity index (χ3v) is 5.30. The summed E-state index contributed by atoms with van der Waals surface area (Å²) in [5.41, 5.74) is 3.39. The van der Waals surface area contributed by atoms with Gasteiger partial charge in [-0.25, -0.2) is 4.99 Å². The van der Waals surface area contributed by atoms with Gasteiger partial charge in [-0.3, -0.25) is 4.68 Å². The van der Waals surface area contributed by atoms with Gasteiger partial charge in [0, 0.05) is 38.1 Å². The van der Waals surface area contributed by atoms with E-state index in [1.807, 2.05) is 11.6 Å². The molecule has 0 bridgehead atoms. The standard InChI is InChI=1S/C21H39N5O2.HI/c1-5-22-21(23-12-9-14-28-19-10-7-6-8-11-19)24-16-20-17(2)25-26(18(20)3)13-15-27-4;/h19H,5-16H2,1-4H3,(H2,22,23,24);1H. The van der Waals surface area contributed by atoms with Crippen LogP contribution in [0, 0.1) is 13.8 Å². The number of nitrogens with one attached hydrogen (secondary N) is 2. The van der Waals surface area contributed by atoms with E-state index >= 15 is 0 Å². The van der Waals surface area contributed by atoms with Crippen LogP contribution in [-0.4, -0.2) is 55.3 Å². The van der Waals surface area contributed by atoms with Crippen LogP contribution in [0.15, 0.2) is 4.99 Å². The van der Waals surface area contributed by atoms with E-state index in [2.05, 4.69) is 29.6 Å². The number of halogens is 1. The van der Waals surface area contributed by atoms with E-state index in [1.54, 1.807) is 7.11 Å². The molecule has 1 aliphatic rings. The Labute approximate surface area is 193 Å². The van der Waals surface area contributed by atoms with Crippen molar-refractivity contribution in [1.82, 2.24) is 20.4 Å². The van der Waals surface area contributed by atoms with Crippen molar-refractivity contribution in [2.45, 2.75) is 78.5 Å². The van der Waals surface area contributed by atoms with Crippen LogP contribution >= 0.6 is 24.0 Å². The molecule has 0 unspecified atom stereocenters. The number of ether oxygens (including phenoxy) is 2. The van der Waals surface area contributed by atoms with Crippen LogP contribution in [0.2, 0.25) is 0 Å². The third kappa shape index (κ3) is 9.21. The Morgan fingerprint density at radius 1 is 1.17 bits per heavy atom. The molecule has 0 atom stereocenters. The van der Waals surface area contributed by atoms with Crippen LogP contribution in [-0.2, 0) is 22.6 Å². The lowest BCUT2D eigenvalue weighted by atomic mass is 9.98. The summed E-state index contributed by atoms with van der Waals surface area (Å²) in [5.74, 6) is 0.851. The quantitative estimate of drug-likeness (QED) is 0.202. The second-order valence-corrected chi connectivity index (χ2v) is 7.47. The highest BCUT2D eigenvalue weighted by Gasteiger charge is 2.13. The number of aromatic nitrogens is 2. The molecule has 7 nitrogen and oxygen atoms in total. The molecule has 1 aromatic heterocycles. The Kier molecular flexibility index (Phi) is 13.5. The molecule has 8 heteroatoms. The summed E-state index contributed by atoms with van der Waals surface area (Å²) >= 11 is 0. The normalized spacial score (nSPS) is 15.2. The van der Waals surface area contributed by atoms with Gasteiger partial charge >= 0.3 is 0 Å². The third-order valence-electron chi connectivity index (χ3n) is 5.30. The smallest absolute Gasteiger partial charge is 0.191 e. The van der Waals surface area contributed by atoms with Crippen LogP contribution in [0.25, 0.3) is 0 Å². The molecule has 0 amide bonds. The van der Waals surface area contributed by atoms with Gasteiger partial charge in [0.25, 0.3) is 0 Å². The first-order valence-corrected chi connectivity index (χ1v) is 10.8. The summed E-state index contributed by atoms with van der Waals surface area (Å²) in [5, 5.41) is 11.4. The second-order valence-electron chi connectivity index (χ2n) is 7.47. The van der Waals surface area contributed by atoms with Crippen molar-refractivity contribution in [1.29, 1.82) is 0 Å². The fourth-order valence-electron chi connectivity index (χ4n) is 3.62. The first-order valence-electron chi connectivity index (χ1n) is 10.8. The van der Waals surface area contributed by atoms with Crippen LogP contribution in [0.4, 0.5) is 0 Å².